The highest BCUT2D eigenvalue weighted by Crippen LogP contribution is 2.28. The minimum absolute atomic E-state index is 0.0193. The van der Waals surface area contributed by atoms with Crippen LogP contribution in [0.1, 0.15) is 23.1 Å². The average molecular weight is 504 g/mol. The highest BCUT2D eigenvalue weighted by molar-refractivity contribution is 7.89. The van der Waals surface area contributed by atoms with Gasteiger partial charge in [-0.25, -0.2) is 13.1 Å². The van der Waals surface area contributed by atoms with Crippen molar-refractivity contribution in [3.63, 3.8) is 0 Å². The SMILES string of the molecule is Cc1ccc(S(=O)(=O)NCCN2CCN3CCOCCOCCN(C)Cc4cccc(n4)C23)cc1. The molecule has 0 spiro atoms. The first-order valence-corrected chi connectivity index (χ1v) is 13.7. The Morgan fingerprint density at radius 2 is 1.71 bits per heavy atom. The van der Waals surface area contributed by atoms with Gasteiger partial charge in [-0.3, -0.25) is 19.7 Å². The molecular weight excluding hydrogens is 466 g/mol. The van der Waals surface area contributed by atoms with Crippen LogP contribution in [-0.4, -0.2) is 101 Å². The lowest BCUT2D eigenvalue weighted by Gasteiger charge is -2.30. The van der Waals surface area contributed by atoms with E-state index < -0.39 is 10.0 Å². The number of aromatic nitrogens is 1. The minimum Gasteiger partial charge on any atom is -0.378 e. The molecule has 192 valence electrons. The number of ether oxygens (including phenoxy) is 2. The number of nitrogens with one attached hydrogen (secondary N) is 1. The van der Waals surface area contributed by atoms with Crippen LogP contribution in [0.15, 0.2) is 47.4 Å². The van der Waals surface area contributed by atoms with Crippen LogP contribution in [-0.2, 0) is 26.0 Å². The Hall–Kier alpha value is -1.92. The van der Waals surface area contributed by atoms with Crippen LogP contribution >= 0.6 is 0 Å². The minimum atomic E-state index is -3.55. The lowest BCUT2D eigenvalue weighted by atomic mass is 10.2. The van der Waals surface area contributed by atoms with Crippen LogP contribution in [0.2, 0.25) is 0 Å². The van der Waals surface area contributed by atoms with Crippen molar-refractivity contribution in [1.82, 2.24) is 24.4 Å². The first-order chi connectivity index (χ1) is 16.9. The molecule has 1 saturated heterocycles. The molecule has 0 saturated carbocycles. The van der Waals surface area contributed by atoms with Gasteiger partial charge in [-0.15, -0.1) is 0 Å². The van der Waals surface area contributed by atoms with E-state index in [0.29, 0.717) is 44.4 Å². The van der Waals surface area contributed by atoms with Gasteiger partial charge in [0.05, 0.1) is 42.7 Å². The Balaban J connectivity index is 1.46. The maximum atomic E-state index is 12.7. The third kappa shape index (κ3) is 7.29. The van der Waals surface area contributed by atoms with Crippen molar-refractivity contribution in [2.75, 3.05) is 72.7 Å². The second-order valence-corrected chi connectivity index (χ2v) is 10.9. The van der Waals surface area contributed by atoms with Crippen molar-refractivity contribution in [2.45, 2.75) is 24.5 Å². The topological polar surface area (TPSA) is 87.2 Å². The number of likely N-dealkylation sites (N-methyl/N-ethyl adjacent to an activating group) is 1. The third-order valence-corrected chi connectivity index (χ3v) is 7.90. The molecule has 1 atom stereocenters. The largest absolute Gasteiger partial charge is 0.378 e. The number of rotatable bonds is 5. The maximum absolute atomic E-state index is 12.7. The molecule has 1 aromatic carbocycles. The van der Waals surface area contributed by atoms with Crippen molar-refractivity contribution in [3.05, 3.63) is 59.4 Å². The van der Waals surface area contributed by atoms with Crippen LogP contribution in [0.25, 0.3) is 0 Å². The van der Waals surface area contributed by atoms with E-state index in [-0.39, 0.29) is 6.17 Å². The summed E-state index contributed by atoms with van der Waals surface area (Å²) in [6.45, 7) is 9.39. The smallest absolute Gasteiger partial charge is 0.240 e. The second kappa shape index (κ2) is 12.4. The molecule has 2 aliphatic rings. The summed E-state index contributed by atoms with van der Waals surface area (Å²) in [6, 6.07) is 13.1. The Labute approximate surface area is 209 Å². The normalized spacial score (nSPS) is 21.8. The fraction of sp³-hybridized carbons (Fsp3) is 0.560. The number of hydrogen-bond donors (Lipinski definition) is 1. The zero-order chi connectivity index (χ0) is 24.7. The number of aryl methyl sites for hydroxylation is 1. The maximum Gasteiger partial charge on any atom is 0.240 e. The summed E-state index contributed by atoms with van der Waals surface area (Å²) in [4.78, 5) is 12.2. The molecule has 1 aromatic heterocycles. The molecule has 2 bridgehead atoms. The highest BCUT2D eigenvalue weighted by atomic mass is 32.2. The molecule has 1 N–H and O–H groups in total. The van der Waals surface area contributed by atoms with E-state index in [1.807, 2.05) is 19.1 Å². The molecule has 0 amide bonds. The van der Waals surface area contributed by atoms with Crippen LogP contribution in [0.4, 0.5) is 0 Å². The van der Waals surface area contributed by atoms with Gasteiger partial charge in [-0.2, -0.15) is 0 Å². The predicted octanol–water partition coefficient (Wildman–Crippen LogP) is 1.46. The molecular formula is C25H37N5O4S. The average Bonchev–Trinajstić information content (AvgIpc) is 3.23. The summed E-state index contributed by atoms with van der Waals surface area (Å²) in [5, 5.41) is 0. The van der Waals surface area contributed by atoms with Gasteiger partial charge in [0.2, 0.25) is 10.0 Å². The van der Waals surface area contributed by atoms with E-state index >= 15 is 0 Å². The van der Waals surface area contributed by atoms with Gasteiger partial charge < -0.3 is 9.47 Å². The number of benzene rings is 1. The Bertz CT molecular complexity index is 1050. The van der Waals surface area contributed by atoms with Gasteiger partial charge in [-0.1, -0.05) is 23.8 Å². The molecule has 10 heteroatoms. The van der Waals surface area contributed by atoms with Gasteiger partial charge >= 0.3 is 0 Å². The van der Waals surface area contributed by atoms with E-state index in [9.17, 15) is 8.42 Å². The molecule has 1 fully saturated rings. The van der Waals surface area contributed by atoms with Crippen molar-refractivity contribution >= 4 is 10.0 Å². The fourth-order valence-corrected chi connectivity index (χ4v) is 5.53. The van der Waals surface area contributed by atoms with Gasteiger partial charge in [0, 0.05) is 45.8 Å². The molecule has 2 aliphatic heterocycles. The van der Waals surface area contributed by atoms with Crippen molar-refractivity contribution in [2.24, 2.45) is 0 Å². The van der Waals surface area contributed by atoms with E-state index in [1.54, 1.807) is 12.1 Å². The lowest BCUT2D eigenvalue weighted by Crippen LogP contribution is -2.38. The zero-order valence-corrected chi connectivity index (χ0v) is 21.5. The first kappa shape index (κ1) is 26.2. The van der Waals surface area contributed by atoms with Crippen LogP contribution < -0.4 is 4.72 Å². The molecule has 35 heavy (non-hydrogen) atoms. The van der Waals surface area contributed by atoms with Crippen molar-refractivity contribution in [3.8, 4) is 0 Å². The Morgan fingerprint density at radius 3 is 2.49 bits per heavy atom. The monoisotopic (exact) mass is 503 g/mol. The van der Waals surface area contributed by atoms with Crippen LogP contribution in [0, 0.1) is 6.92 Å². The molecule has 4 rings (SSSR count). The molecule has 1 unspecified atom stereocenters. The Morgan fingerprint density at radius 1 is 0.971 bits per heavy atom. The number of fused-ring (bicyclic) bond motifs is 4. The zero-order valence-electron chi connectivity index (χ0n) is 20.7. The van der Waals surface area contributed by atoms with Crippen LogP contribution in [0.3, 0.4) is 0 Å². The lowest BCUT2D eigenvalue weighted by molar-refractivity contribution is 0.0266. The van der Waals surface area contributed by atoms with Crippen molar-refractivity contribution in [1.29, 1.82) is 0 Å². The molecule has 9 nitrogen and oxygen atoms in total. The summed E-state index contributed by atoms with van der Waals surface area (Å²) in [5.41, 5.74) is 3.03. The van der Waals surface area contributed by atoms with E-state index in [2.05, 4.69) is 44.7 Å². The summed E-state index contributed by atoms with van der Waals surface area (Å²) in [5.74, 6) is 0. The quantitative estimate of drug-likeness (QED) is 0.657. The predicted molar refractivity (Wildman–Crippen MR) is 134 cm³/mol. The second-order valence-electron chi connectivity index (χ2n) is 9.17. The summed E-state index contributed by atoms with van der Waals surface area (Å²) in [6.07, 6.45) is -0.0193. The standard InChI is InChI=1S/C25H37N5O4S/c1-21-6-8-23(9-7-21)35(31,32)26-10-11-29-12-13-30-15-17-34-19-18-33-16-14-28(2)20-22-4-3-5-24(27-22)25(29)30/h3-9,25-26H,10-20H2,1-2H3. The number of sulfonamides is 1. The van der Waals surface area contributed by atoms with E-state index in [0.717, 1.165) is 49.7 Å². The van der Waals surface area contributed by atoms with Gasteiger partial charge in [0.15, 0.2) is 0 Å². The summed E-state index contributed by atoms with van der Waals surface area (Å²) >= 11 is 0. The number of nitrogens with zero attached hydrogens (tertiary/aromatic N) is 4. The third-order valence-electron chi connectivity index (χ3n) is 6.43. The van der Waals surface area contributed by atoms with Crippen molar-refractivity contribution < 1.29 is 17.9 Å². The number of pyridine rings is 1. The first-order valence-electron chi connectivity index (χ1n) is 12.3. The molecule has 2 aromatic rings. The van der Waals surface area contributed by atoms with Gasteiger partial charge in [0.1, 0.15) is 6.17 Å². The Kier molecular flexibility index (Phi) is 9.23. The molecule has 0 radical (unpaired) electrons. The van der Waals surface area contributed by atoms with E-state index in [4.69, 9.17) is 14.5 Å². The highest BCUT2D eigenvalue weighted by Gasteiger charge is 2.34. The fourth-order valence-electron chi connectivity index (χ4n) is 4.51. The summed E-state index contributed by atoms with van der Waals surface area (Å²) < 4.78 is 39.7. The van der Waals surface area contributed by atoms with Gasteiger partial charge in [-0.05, 0) is 38.2 Å². The van der Waals surface area contributed by atoms with Gasteiger partial charge in [0.25, 0.3) is 0 Å². The molecule has 3 heterocycles. The van der Waals surface area contributed by atoms with E-state index in [1.165, 1.54) is 0 Å². The van der Waals surface area contributed by atoms with Crippen LogP contribution in [0.5, 0.6) is 0 Å². The molecule has 0 aliphatic carbocycles. The number of hydrogen-bond acceptors (Lipinski definition) is 8. The summed E-state index contributed by atoms with van der Waals surface area (Å²) in [7, 11) is -1.48.